The number of hydrogen-bond donors (Lipinski definition) is 3. The Bertz CT molecular complexity index is 291. The fraction of sp³-hybridized carbons (Fsp3) is 0.818. The molecule has 6 heteroatoms. The topological polar surface area (TPSA) is 87.5 Å². The molecule has 0 aromatic carbocycles. The minimum Gasteiger partial charge on any atom is -0.352 e. The van der Waals surface area contributed by atoms with Gasteiger partial charge < -0.3 is 5.32 Å². The Labute approximate surface area is 102 Å². The zero-order valence-corrected chi connectivity index (χ0v) is 10.7. The number of nitrogens with zero attached hydrogens (tertiary/aromatic N) is 1. The summed E-state index contributed by atoms with van der Waals surface area (Å²) in [6.07, 6.45) is 2.16. The number of carbonyl (C=O) groups is 2. The van der Waals surface area contributed by atoms with E-state index in [0.29, 0.717) is 12.6 Å². The van der Waals surface area contributed by atoms with Crippen LogP contribution in [0.4, 0.5) is 0 Å². The third-order valence-corrected chi connectivity index (χ3v) is 3.31. The van der Waals surface area contributed by atoms with Crippen molar-refractivity contribution in [2.45, 2.75) is 38.8 Å². The first-order valence-corrected chi connectivity index (χ1v) is 5.95. The maximum absolute atomic E-state index is 11.6. The average Bonchev–Trinajstić information content (AvgIpc) is 3.09. The van der Waals surface area contributed by atoms with E-state index < -0.39 is 0 Å². The van der Waals surface area contributed by atoms with Gasteiger partial charge in [0.1, 0.15) is 0 Å². The lowest BCUT2D eigenvalue weighted by Crippen LogP contribution is -2.47. The number of amides is 2. The molecule has 1 aliphatic carbocycles. The summed E-state index contributed by atoms with van der Waals surface area (Å²) in [5.41, 5.74) is 2.13. The lowest BCUT2D eigenvalue weighted by Gasteiger charge is -2.28. The predicted octanol–water partition coefficient (Wildman–Crippen LogP) is -0.789. The second kappa shape index (κ2) is 5.97. The van der Waals surface area contributed by atoms with E-state index in [1.165, 1.54) is 0 Å². The number of hydrogen-bond acceptors (Lipinski definition) is 4. The normalized spacial score (nSPS) is 18.6. The van der Waals surface area contributed by atoms with E-state index in [1.807, 2.05) is 18.9 Å². The molecule has 0 radical (unpaired) electrons. The number of likely N-dealkylation sites (N-methyl/N-ethyl adjacent to an activating group) is 1. The molecule has 4 N–H and O–H groups in total. The van der Waals surface area contributed by atoms with Crippen LogP contribution in [0.5, 0.6) is 0 Å². The van der Waals surface area contributed by atoms with Crippen molar-refractivity contribution >= 4 is 11.8 Å². The van der Waals surface area contributed by atoms with Crippen molar-refractivity contribution in [1.82, 2.24) is 15.6 Å². The number of nitrogens with one attached hydrogen (secondary N) is 2. The van der Waals surface area contributed by atoms with Crippen molar-refractivity contribution in [3.05, 3.63) is 0 Å². The molecule has 0 saturated heterocycles. The van der Waals surface area contributed by atoms with Crippen LogP contribution >= 0.6 is 0 Å². The van der Waals surface area contributed by atoms with Crippen LogP contribution < -0.4 is 16.6 Å². The highest BCUT2D eigenvalue weighted by molar-refractivity contribution is 5.80. The Hall–Kier alpha value is -1.14. The summed E-state index contributed by atoms with van der Waals surface area (Å²) < 4.78 is 0. The Balaban J connectivity index is 2.36. The summed E-state index contributed by atoms with van der Waals surface area (Å²) in [6, 6.07) is 0.333. The fourth-order valence-corrected chi connectivity index (χ4v) is 1.60. The van der Waals surface area contributed by atoms with E-state index in [1.54, 1.807) is 6.92 Å². The summed E-state index contributed by atoms with van der Waals surface area (Å²) in [4.78, 5) is 24.8. The maximum atomic E-state index is 11.6. The SMILES string of the molecule is CC(C(=O)NN)C(C)N(C)CC(=O)NC1CC1. The molecule has 2 amide bonds. The fourth-order valence-electron chi connectivity index (χ4n) is 1.60. The molecule has 6 nitrogen and oxygen atoms in total. The Morgan fingerprint density at radius 1 is 1.41 bits per heavy atom. The maximum Gasteiger partial charge on any atom is 0.238 e. The molecule has 1 fully saturated rings. The molecule has 0 aromatic rings. The van der Waals surface area contributed by atoms with Gasteiger partial charge in [-0.15, -0.1) is 0 Å². The second-order valence-corrected chi connectivity index (χ2v) is 4.79. The molecule has 0 aromatic heterocycles. The van der Waals surface area contributed by atoms with Gasteiger partial charge in [0.2, 0.25) is 11.8 Å². The van der Waals surface area contributed by atoms with Crippen LogP contribution in [0, 0.1) is 5.92 Å². The van der Waals surface area contributed by atoms with Crippen molar-refractivity contribution in [2.75, 3.05) is 13.6 Å². The quantitative estimate of drug-likeness (QED) is 0.324. The second-order valence-electron chi connectivity index (χ2n) is 4.79. The number of hydrazine groups is 1. The van der Waals surface area contributed by atoms with Gasteiger partial charge in [-0.05, 0) is 26.8 Å². The van der Waals surface area contributed by atoms with Crippen LogP contribution in [0.25, 0.3) is 0 Å². The molecule has 2 atom stereocenters. The first-order chi connectivity index (χ1) is 7.95. The smallest absolute Gasteiger partial charge is 0.238 e. The highest BCUT2D eigenvalue weighted by Crippen LogP contribution is 2.18. The molecule has 0 heterocycles. The number of nitrogens with two attached hydrogens (primary N) is 1. The van der Waals surface area contributed by atoms with Gasteiger partial charge in [0, 0.05) is 12.1 Å². The predicted molar refractivity (Wildman–Crippen MR) is 64.8 cm³/mol. The highest BCUT2D eigenvalue weighted by Gasteiger charge is 2.27. The Morgan fingerprint density at radius 3 is 2.47 bits per heavy atom. The molecule has 1 rings (SSSR count). The van der Waals surface area contributed by atoms with Gasteiger partial charge in [-0.3, -0.25) is 19.9 Å². The first kappa shape index (κ1) is 13.9. The van der Waals surface area contributed by atoms with Gasteiger partial charge in [-0.1, -0.05) is 6.92 Å². The summed E-state index contributed by atoms with van der Waals surface area (Å²) >= 11 is 0. The summed E-state index contributed by atoms with van der Waals surface area (Å²) in [7, 11) is 1.83. The molecule has 0 spiro atoms. The molecule has 1 saturated carbocycles. The van der Waals surface area contributed by atoms with Gasteiger partial charge >= 0.3 is 0 Å². The van der Waals surface area contributed by atoms with Gasteiger partial charge in [0.25, 0.3) is 0 Å². The minimum absolute atomic E-state index is 0.0159. The molecular weight excluding hydrogens is 220 g/mol. The first-order valence-electron chi connectivity index (χ1n) is 5.95. The van der Waals surface area contributed by atoms with E-state index in [9.17, 15) is 9.59 Å². The lowest BCUT2D eigenvalue weighted by atomic mass is 10.0. The van der Waals surface area contributed by atoms with Crippen molar-refractivity contribution in [3.8, 4) is 0 Å². The van der Waals surface area contributed by atoms with Crippen molar-refractivity contribution in [2.24, 2.45) is 11.8 Å². The van der Waals surface area contributed by atoms with Crippen molar-refractivity contribution < 1.29 is 9.59 Å². The third kappa shape index (κ3) is 4.32. The van der Waals surface area contributed by atoms with Gasteiger partial charge in [0.05, 0.1) is 12.5 Å². The largest absolute Gasteiger partial charge is 0.352 e. The molecule has 17 heavy (non-hydrogen) atoms. The van der Waals surface area contributed by atoms with E-state index in [4.69, 9.17) is 5.84 Å². The Kier molecular flexibility index (Phi) is 4.89. The van der Waals surface area contributed by atoms with Crippen LogP contribution in [0.15, 0.2) is 0 Å². The lowest BCUT2D eigenvalue weighted by molar-refractivity contribution is -0.128. The Morgan fingerprint density at radius 2 is 2.00 bits per heavy atom. The van der Waals surface area contributed by atoms with Crippen LogP contribution in [0.3, 0.4) is 0 Å². The van der Waals surface area contributed by atoms with Gasteiger partial charge in [-0.25, -0.2) is 5.84 Å². The summed E-state index contributed by atoms with van der Waals surface area (Å²) in [6.45, 7) is 4.01. The molecule has 0 aliphatic heterocycles. The van der Waals surface area contributed by atoms with Crippen LogP contribution in [0.1, 0.15) is 26.7 Å². The van der Waals surface area contributed by atoms with Gasteiger partial charge in [-0.2, -0.15) is 0 Å². The van der Waals surface area contributed by atoms with Gasteiger partial charge in [0.15, 0.2) is 0 Å². The molecule has 98 valence electrons. The monoisotopic (exact) mass is 242 g/mol. The molecular formula is C11H22N4O2. The number of rotatable bonds is 6. The molecule has 0 bridgehead atoms. The van der Waals surface area contributed by atoms with Crippen molar-refractivity contribution in [1.29, 1.82) is 0 Å². The third-order valence-electron chi connectivity index (χ3n) is 3.31. The van der Waals surface area contributed by atoms with E-state index in [-0.39, 0.29) is 23.8 Å². The van der Waals surface area contributed by atoms with Crippen LogP contribution in [-0.2, 0) is 9.59 Å². The standard InChI is InChI=1S/C11H22N4O2/c1-7(11(17)14-12)8(2)15(3)6-10(16)13-9-4-5-9/h7-9H,4-6,12H2,1-3H3,(H,13,16)(H,14,17). The van der Waals surface area contributed by atoms with E-state index in [0.717, 1.165) is 12.8 Å². The van der Waals surface area contributed by atoms with Crippen molar-refractivity contribution in [3.63, 3.8) is 0 Å². The van der Waals surface area contributed by atoms with E-state index in [2.05, 4.69) is 10.7 Å². The zero-order chi connectivity index (χ0) is 13.0. The molecule has 1 aliphatic rings. The summed E-state index contributed by atoms with van der Waals surface area (Å²) in [5, 5.41) is 2.92. The molecule has 2 unspecified atom stereocenters. The van der Waals surface area contributed by atoms with Crippen LogP contribution in [-0.4, -0.2) is 42.4 Å². The zero-order valence-electron chi connectivity index (χ0n) is 10.7. The van der Waals surface area contributed by atoms with E-state index >= 15 is 0 Å². The summed E-state index contributed by atoms with van der Waals surface area (Å²) in [5.74, 6) is 4.64. The highest BCUT2D eigenvalue weighted by atomic mass is 16.2. The number of carbonyl (C=O) groups excluding carboxylic acids is 2. The minimum atomic E-state index is -0.251. The van der Waals surface area contributed by atoms with Crippen LogP contribution in [0.2, 0.25) is 0 Å². The average molecular weight is 242 g/mol.